The van der Waals surface area contributed by atoms with Gasteiger partial charge in [-0.05, 0) is 30.9 Å². The van der Waals surface area contributed by atoms with E-state index in [9.17, 15) is 0 Å². The van der Waals surface area contributed by atoms with E-state index < -0.39 is 0 Å². The molecule has 0 unspecified atom stereocenters. The highest BCUT2D eigenvalue weighted by Gasteiger charge is 2.20. The fourth-order valence-corrected chi connectivity index (χ4v) is 2.31. The molecule has 0 aromatic heterocycles. The predicted molar refractivity (Wildman–Crippen MR) is 87.9 cm³/mol. The van der Waals surface area contributed by atoms with Gasteiger partial charge in [0, 0.05) is 20.6 Å². The van der Waals surface area contributed by atoms with Gasteiger partial charge < -0.3 is 15.0 Å². The van der Waals surface area contributed by atoms with Gasteiger partial charge in [-0.3, -0.25) is 4.99 Å². The van der Waals surface area contributed by atoms with Gasteiger partial charge in [-0.15, -0.1) is 0 Å². The Hall–Kier alpha value is -1.71. The van der Waals surface area contributed by atoms with Crippen molar-refractivity contribution in [3.8, 4) is 5.75 Å². The molecule has 0 spiro atoms. The summed E-state index contributed by atoms with van der Waals surface area (Å²) in [6.45, 7) is 2.48. The molecule has 1 aromatic rings. The van der Waals surface area contributed by atoms with Gasteiger partial charge in [0.25, 0.3) is 0 Å². The topological polar surface area (TPSA) is 36.9 Å². The first-order valence-corrected chi connectivity index (χ1v) is 7.89. The highest BCUT2D eigenvalue weighted by molar-refractivity contribution is 5.79. The van der Waals surface area contributed by atoms with Gasteiger partial charge in [0.05, 0.1) is 6.54 Å². The fourth-order valence-electron chi connectivity index (χ4n) is 2.31. The van der Waals surface area contributed by atoms with Gasteiger partial charge in [0.15, 0.2) is 5.96 Å². The molecule has 1 aromatic carbocycles. The lowest BCUT2D eigenvalue weighted by Gasteiger charge is -2.22. The molecule has 116 valence electrons. The third-order valence-electron chi connectivity index (χ3n) is 3.78. The van der Waals surface area contributed by atoms with E-state index in [4.69, 9.17) is 4.74 Å². The molecular formula is C17H27N3O. The molecule has 0 aliphatic heterocycles. The fraction of sp³-hybridized carbons (Fsp3) is 0.588. The smallest absolute Gasteiger partial charge is 0.193 e. The lowest BCUT2D eigenvalue weighted by Crippen LogP contribution is -2.41. The first kappa shape index (κ1) is 15.7. The van der Waals surface area contributed by atoms with Crippen molar-refractivity contribution >= 4 is 5.96 Å². The molecule has 1 saturated carbocycles. The summed E-state index contributed by atoms with van der Waals surface area (Å²) < 4.78 is 5.71. The van der Waals surface area contributed by atoms with E-state index in [0.29, 0.717) is 6.61 Å². The standard InChI is InChI=1S/C17H27N3O/c1-18-17(19-12-6-7-15-10-11-15)20(2)13-14-21-16-8-4-3-5-9-16/h3-5,8-9,15H,6-7,10-14H2,1-2H3,(H,18,19). The molecule has 21 heavy (non-hydrogen) atoms. The van der Waals surface area contributed by atoms with Crippen molar-refractivity contribution < 1.29 is 4.74 Å². The van der Waals surface area contributed by atoms with E-state index >= 15 is 0 Å². The number of rotatable bonds is 8. The van der Waals surface area contributed by atoms with Crippen LogP contribution in [0.5, 0.6) is 5.75 Å². The molecule has 0 saturated heterocycles. The number of nitrogens with zero attached hydrogens (tertiary/aromatic N) is 2. The second-order valence-electron chi connectivity index (χ2n) is 5.64. The zero-order valence-electron chi connectivity index (χ0n) is 13.2. The van der Waals surface area contributed by atoms with Gasteiger partial charge in [0.2, 0.25) is 0 Å². The molecular weight excluding hydrogens is 262 g/mol. The Bertz CT molecular complexity index is 429. The van der Waals surface area contributed by atoms with Crippen LogP contribution in [0.15, 0.2) is 35.3 Å². The van der Waals surface area contributed by atoms with Crippen molar-refractivity contribution in [1.29, 1.82) is 0 Å². The second-order valence-corrected chi connectivity index (χ2v) is 5.64. The molecule has 1 aliphatic rings. The van der Waals surface area contributed by atoms with Crippen molar-refractivity contribution in [2.75, 3.05) is 33.8 Å². The molecule has 0 heterocycles. The highest BCUT2D eigenvalue weighted by atomic mass is 16.5. The van der Waals surface area contributed by atoms with E-state index in [2.05, 4.69) is 15.2 Å². The quantitative estimate of drug-likeness (QED) is 0.454. The molecule has 4 heteroatoms. The molecule has 0 atom stereocenters. The Balaban J connectivity index is 1.61. The van der Waals surface area contributed by atoms with Crippen LogP contribution in [0, 0.1) is 5.92 Å². The maximum atomic E-state index is 5.71. The minimum absolute atomic E-state index is 0.656. The number of para-hydroxylation sites is 1. The first-order chi connectivity index (χ1) is 10.3. The van der Waals surface area contributed by atoms with Gasteiger partial charge in [-0.2, -0.15) is 0 Å². The second kappa shape index (κ2) is 8.55. The van der Waals surface area contributed by atoms with E-state index in [-0.39, 0.29) is 0 Å². The monoisotopic (exact) mass is 289 g/mol. The number of likely N-dealkylation sites (N-methyl/N-ethyl adjacent to an activating group) is 1. The third-order valence-corrected chi connectivity index (χ3v) is 3.78. The van der Waals surface area contributed by atoms with Crippen LogP contribution in [-0.4, -0.2) is 44.7 Å². The normalized spacial score (nSPS) is 14.9. The summed E-state index contributed by atoms with van der Waals surface area (Å²) in [5.74, 6) is 2.87. The summed E-state index contributed by atoms with van der Waals surface area (Å²) in [7, 11) is 3.88. The van der Waals surface area contributed by atoms with Crippen LogP contribution < -0.4 is 10.1 Å². The minimum Gasteiger partial charge on any atom is -0.492 e. The third kappa shape index (κ3) is 6.06. The van der Waals surface area contributed by atoms with E-state index in [1.165, 1.54) is 25.7 Å². The maximum Gasteiger partial charge on any atom is 0.193 e. The van der Waals surface area contributed by atoms with Crippen molar-refractivity contribution in [3.05, 3.63) is 30.3 Å². The zero-order valence-corrected chi connectivity index (χ0v) is 13.2. The number of hydrogen-bond acceptors (Lipinski definition) is 2. The largest absolute Gasteiger partial charge is 0.492 e. The summed E-state index contributed by atoms with van der Waals surface area (Å²) >= 11 is 0. The number of nitrogens with one attached hydrogen (secondary N) is 1. The van der Waals surface area contributed by atoms with Crippen LogP contribution in [0.3, 0.4) is 0 Å². The molecule has 0 radical (unpaired) electrons. The van der Waals surface area contributed by atoms with Gasteiger partial charge in [0.1, 0.15) is 12.4 Å². The molecule has 1 aliphatic carbocycles. The average Bonchev–Trinajstić information content (AvgIpc) is 3.32. The van der Waals surface area contributed by atoms with Gasteiger partial charge in [-0.1, -0.05) is 31.0 Å². The summed E-state index contributed by atoms with van der Waals surface area (Å²) in [4.78, 5) is 6.43. The Morgan fingerprint density at radius 2 is 2.10 bits per heavy atom. The van der Waals surface area contributed by atoms with Crippen molar-refractivity contribution in [1.82, 2.24) is 10.2 Å². The number of guanidine groups is 1. The Morgan fingerprint density at radius 3 is 2.76 bits per heavy atom. The summed E-state index contributed by atoms with van der Waals surface area (Å²) in [6.07, 6.45) is 5.46. The van der Waals surface area contributed by atoms with E-state index in [1.54, 1.807) is 0 Å². The van der Waals surface area contributed by atoms with Crippen LogP contribution in [0.25, 0.3) is 0 Å². The van der Waals surface area contributed by atoms with Crippen molar-refractivity contribution in [2.45, 2.75) is 25.7 Å². The SMILES string of the molecule is CN=C(NCCCC1CC1)N(C)CCOc1ccccc1. The van der Waals surface area contributed by atoms with Crippen LogP contribution in [0.4, 0.5) is 0 Å². The summed E-state index contributed by atoms with van der Waals surface area (Å²) in [6, 6.07) is 9.92. The van der Waals surface area contributed by atoms with Crippen LogP contribution in [-0.2, 0) is 0 Å². The summed E-state index contributed by atoms with van der Waals surface area (Å²) in [5, 5.41) is 3.42. The van der Waals surface area contributed by atoms with Gasteiger partial charge >= 0.3 is 0 Å². The van der Waals surface area contributed by atoms with E-state index in [0.717, 1.165) is 30.7 Å². The molecule has 0 bridgehead atoms. The Morgan fingerprint density at radius 1 is 1.33 bits per heavy atom. The first-order valence-electron chi connectivity index (χ1n) is 7.89. The Labute approximate surface area is 128 Å². The van der Waals surface area contributed by atoms with Crippen LogP contribution >= 0.6 is 0 Å². The molecule has 2 rings (SSSR count). The predicted octanol–water partition coefficient (Wildman–Crippen LogP) is 2.76. The van der Waals surface area contributed by atoms with Crippen molar-refractivity contribution in [2.24, 2.45) is 10.9 Å². The lowest BCUT2D eigenvalue weighted by atomic mass is 10.2. The highest BCUT2D eigenvalue weighted by Crippen LogP contribution is 2.33. The van der Waals surface area contributed by atoms with E-state index in [1.807, 2.05) is 44.4 Å². The molecule has 1 N–H and O–H groups in total. The minimum atomic E-state index is 0.656. The Kier molecular flexibility index (Phi) is 6.38. The zero-order chi connectivity index (χ0) is 14.9. The molecule has 1 fully saturated rings. The number of benzene rings is 1. The number of hydrogen-bond donors (Lipinski definition) is 1. The van der Waals surface area contributed by atoms with Crippen LogP contribution in [0.2, 0.25) is 0 Å². The van der Waals surface area contributed by atoms with Crippen LogP contribution in [0.1, 0.15) is 25.7 Å². The van der Waals surface area contributed by atoms with Gasteiger partial charge in [-0.25, -0.2) is 0 Å². The number of ether oxygens (including phenoxy) is 1. The number of aliphatic imine (C=N–C) groups is 1. The average molecular weight is 289 g/mol. The lowest BCUT2D eigenvalue weighted by molar-refractivity contribution is 0.281. The maximum absolute atomic E-state index is 5.71. The summed E-state index contributed by atoms with van der Waals surface area (Å²) in [5.41, 5.74) is 0. The van der Waals surface area contributed by atoms with Crippen molar-refractivity contribution in [3.63, 3.8) is 0 Å². The molecule has 0 amide bonds. The molecule has 4 nitrogen and oxygen atoms in total.